The van der Waals surface area contributed by atoms with Gasteiger partial charge in [0.25, 0.3) is 0 Å². The Balaban J connectivity index is 1.99. The van der Waals surface area contributed by atoms with Crippen molar-refractivity contribution in [3.05, 3.63) is 36.3 Å². The van der Waals surface area contributed by atoms with Gasteiger partial charge in [-0.25, -0.2) is 4.98 Å². The number of nitrogens with zero attached hydrogens (tertiary/aromatic N) is 3. The van der Waals surface area contributed by atoms with Gasteiger partial charge < -0.3 is 10.5 Å². The number of rotatable bonds is 6. The second kappa shape index (κ2) is 6.16. The van der Waals surface area contributed by atoms with E-state index in [0.717, 1.165) is 24.9 Å². The lowest BCUT2D eigenvalue weighted by atomic mass is 10.2. The Morgan fingerprint density at radius 3 is 2.89 bits per heavy atom. The Hall–Kier alpha value is -1.88. The van der Waals surface area contributed by atoms with Crippen LogP contribution in [-0.2, 0) is 13.0 Å². The van der Waals surface area contributed by atoms with Crippen molar-refractivity contribution >= 4 is 0 Å². The minimum absolute atomic E-state index is 0.576. The lowest BCUT2D eigenvalue weighted by Crippen LogP contribution is -2.02. The summed E-state index contributed by atoms with van der Waals surface area (Å²) >= 11 is 0. The molecule has 2 aromatic heterocycles. The maximum absolute atomic E-state index is 5.61. The third-order valence-corrected chi connectivity index (χ3v) is 2.52. The number of hydrogen-bond donors (Lipinski definition) is 1. The Labute approximate surface area is 107 Å². The van der Waals surface area contributed by atoms with E-state index in [1.54, 1.807) is 12.4 Å². The Morgan fingerprint density at radius 1 is 1.33 bits per heavy atom. The molecule has 0 unspecified atom stereocenters. The smallest absolute Gasteiger partial charge is 0.219 e. The highest BCUT2D eigenvalue weighted by molar-refractivity contribution is 5.24. The number of nitrogens with two attached hydrogens (primary N) is 1. The van der Waals surface area contributed by atoms with E-state index in [1.807, 2.05) is 23.0 Å². The molecule has 0 spiro atoms. The third kappa shape index (κ3) is 3.30. The highest BCUT2D eigenvalue weighted by Crippen LogP contribution is 2.18. The molecule has 96 valence electrons. The molecule has 2 aromatic rings. The van der Waals surface area contributed by atoms with Crippen LogP contribution in [0.3, 0.4) is 0 Å². The summed E-state index contributed by atoms with van der Waals surface area (Å²) in [5, 5.41) is 4.20. The highest BCUT2D eigenvalue weighted by atomic mass is 16.5. The first-order chi connectivity index (χ1) is 8.81. The zero-order valence-corrected chi connectivity index (χ0v) is 10.5. The largest absolute Gasteiger partial charge is 0.436 e. The van der Waals surface area contributed by atoms with E-state index < -0.39 is 0 Å². The van der Waals surface area contributed by atoms with Gasteiger partial charge in [0, 0.05) is 18.8 Å². The zero-order valence-electron chi connectivity index (χ0n) is 10.5. The van der Waals surface area contributed by atoms with Crippen LogP contribution in [0.25, 0.3) is 0 Å². The first kappa shape index (κ1) is 12.6. The van der Waals surface area contributed by atoms with E-state index in [9.17, 15) is 0 Å². The van der Waals surface area contributed by atoms with Crippen molar-refractivity contribution < 1.29 is 4.74 Å². The predicted octanol–water partition coefficient (Wildman–Crippen LogP) is 1.98. The molecule has 0 saturated carbocycles. The molecular weight excluding hydrogens is 228 g/mol. The van der Waals surface area contributed by atoms with Crippen molar-refractivity contribution in [2.75, 3.05) is 6.54 Å². The molecule has 5 nitrogen and oxygen atoms in total. The van der Waals surface area contributed by atoms with Crippen LogP contribution >= 0.6 is 0 Å². The molecule has 0 bridgehead atoms. The summed E-state index contributed by atoms with van der Waals surface area (Å²) in [7, 11) is 0. The molecule has 0 radical (unpaired) electrons. The fourth-order valence-corrected chi connectivity index (χ4v) is 1.66. The number of aromatic nitrogens is 3. The molecular formula is C13H18N4O. The van der Waals surface area contributed by atoms with Crippen LogP contribution < -0.4 is 10.5 Å². The minimum atomic E-state index is 0.576. The van der Waals surface area contributed by atoms with Gasteiger partial charge in [-0.1, -0.05) is 13.0 Å². The summed E-state index contributed by atoms with van der Waals surface area (Å²) in [6.07, 6.45) is 7.25. The lowest BCUT2D eigenvalue weighted by Gasteiger charge is -2.02. The first-order valence-electron chi connectivity index (χ1n) is 6.17. The van der Waals surface area contributed by atoms with Gasteiger partial charge in [-0.3, -0.25) is 4.68 Å². The van der Waals surface area contributed by atoms with E-state index in [-0.39, 0.29) is 0 Å². The summed E-state index contributed by atoms with van der Waals surface area (Å²) < 4.78 is 7.47. The predicted molar refractivity (Wildman–Crippen MR) is 69.6 cm³/mol. The van der Waals surface area contributed by atoms with E-state index in [2.05, 4.69) is 17.0 Å². The van der Waals surface area contributed by atoms with Crippen molar-refractivity contribution in [3.8, 4) is 11.6 Å². The molecule has 0 aliphatic carbocycles. The van der Waals surface area contributed by atoms with Crippen LogP contribution in [0.5, 0.6) is 11.6 Å². The fourth-order valence-electron chi connectivity index (χ4n) is 1.66. The van der Waals surface area contributed by atoms with Gasteiger partial charge in [0.2, 0.25) is 5.88 Å². The number of aryl methyl sites for hydroxylation is 1. The van der Waals surface area contributed by atoms with Crippen molar-refractivity contribution in [3.63, 3.8) is 0 Å². The molecule has 0 amide bonds. The fraction of sp³-hybridized carbons (Fsp3) is 0.385. The van der Waals surface area contributed by atoms with Crippen LogP contribution in [0.1, 0.15) is 18.9 Å². The summed E-state index contributed by atoms with van der Waals surface area (Å²) in [4.78, 5) is 4.23. The van der Waals surface area contributed by atoms with Crippen LogP contribution in [0.15, 0.2) is 30.7 Å². The Kier molecular flexibility index (Phi) is 4.30. The van der Waals surface area contributed by atoms with Crippen LogP contribution in [0.4, 0.5) is 0 Å². The molecule has 5 heteroatoms. The molecule has 0 aromatic carbocycles. The van der Waals surface area contributed by atoms with Crippen LogP contribution in [-0.4, -0.2) is 21.3 Å². The van der Waals surface area contributed by atoms with E-state index in [0.29, 0.717) is 18.2 Å². The zero-order chi connectivity index (χ0) is 12.8. The molecule has 2 N–H and O–H groups in total. The second-order valence-electron chi connectivity index (χ2n) is 4.08. The summed E-state index contributed by atoms with van der Waals surface area (Å²) in [5.74, 6) is 1.29. The van der Waals surface area contributed by atoms with Crippen molar-refractivity contribution in [2.45, 2.75) is 26.3 Å². The van der Waals surface area contributed by atoms with Gasteiger partial charge in [0.15, 0.2) is 5.75 Å². The van der Waals surface area contributed by atoms with E-state index >= 15 is 0 Å². The monoisotopic (exact) mass is 246 g/mol. The van der Waals surface area contributed by atoms with Crippen molar-refractivity contribution in [1.82, 2.24) is 14.8 Å². The van der Waals surface area contributed by atoms with Gasteiger partial charge in [0.05, 0.1) is 12.4 Å². The van der Waals surface area contributed by atoms with Gasteiger partial charge in [-0.05, 0) is 24.9 Å². The average Bonchev–Trinajstić information content (AvgIpc) is 2.80. The SMILES string of the molecule is CCCn1cc(Oc2ccc(CCN)cn2)cn1. The van der Waals surface area contributed by atoms with E-state index in [4.69, 9.17) is 10.5 Å². The molecule has 2 rings (SSSR count). The molecule has 0 atom stereocenters. The molecule has 2 heterocycles. The van der Waals surface area contributed by atoms with Crippen LogP contribution in [0, 0.1) is 0 Å². The molecule has 0 fully saturated rings. The van der Waals surface area contributed by atoms with Gasteiger partial charge in [-0.15, -0.1) is 0 Å². The first-order valence-corrected chi connectivity index (χ1v) is 6.17. The normalized spacial score (nSPS) is 10.6. The number of hydrogen-bond acceptors (Lipinski definition) is 4. The maximum Gasteiger partial charge on any atom is 0.219 e. The molecule has 0 aliphatic rings. The highest BCUT2D eigenvalue weighted by Gasteiger charge is 2.02. The Bertz CT molecular complexity index is 478. The molecule has 18 heavy (non-hydrogen) atoms. The number of ether oxygens (including phenoxy) is 1. The summed E-state index contributed by atoms with van der Waals surface area (Å²) in [5.41, 5.74) is 6.60. The van der Waals surface area contributed by atoms with Gasteiger partial charge in [-0.2, -0.15) is 5.10 Å². The average molecular weight is 246 g/mol. The molecule has 0 saturated heterocycles. The van der Waals surface area contributed by atoms with E-state index in [1.165, 1.54) is 0 Å². The van der Waals surface area contributed by atoms with Gasteiger partial charge in [0.1, 0.15) is 0 Å². The molecule has 0 aliphatic heterocycles. The van der Waals surface area contributed by atoms with Crippen LogP contribution in [0.2, 0.25) is 0 Å². The summed E-state index contributed by atoms with van der Waals surface area (Å²) in [6.45, 7) is 3.64. The second-order valence-corrected chi connectivity index (χ2v) is 4.08. The Morgan fingerprint density at radius 2 is 2.22 bits per heavy atom. The van der Waals surface area contributed by atoms with Crippen molar-refractivity contribution in [2.24, 2.45) is 5.73 Å². The standard InChI is InChI=1S/C13H18N4O/c1-2-7-17-10-12(9-16-17)18-13-4-3-11(5-6-14)8-15-13/h3-4,8-10H,2,5-7,14H2,1H3. The topological polar surface area (TPSA) is 66.0 Å². The quantitative estimate of drug-likeness (QED) is 0.846. The minimum Gasteiger partial charge on any atom is -0.436 e. The van der Waals surface area contributed by atoms with Crippen molar-refractivity contribution in [1.29, 1.82) is 0 Å². The lowest BCUT2D eigenvalue weighted by molar-refractivity contribution is 0.461. The number of pyridine rings is 1. The van der Waals surface area contributed by atoms with Gasteiger partial charge >= 0.3 is 0 Å². The maximum atomic E-state index is 5.61. The summed E-state index contributed by atoms with van der Waals surface area (Å²) in [6, 6.07) is 3.83. The third-order valence-electron chi connectivity index (χ3n) is 2.52.